The number of fused-ring (bicyclic) bond motifs is 5. The van der Waals surface area contributed by atoms with E-state index in [0.29, 0.717) is 0 Å². The Labute approximate surface area is 171 Å². The lowest BCUT2D eigenvalue weighted by molar-refractivity contribution is 0.590. The average molecular weight is 382 g/mol. The average Bonchev–Trinajstić information content (AvgIpc) is 2.99. The fraction of sp³-hybridized carbons (Fsp3) is 0.296. The molecule has 2 heteroatoms. The minimum atomic E-state index is -0.0298. The van der Waals surface area contributed by atoms with E-state index in [9.17, 15) is 4.79 Å². The van der Waals surface area contributed by atoms with Crippen molar-refractivity contribution in [3.63, 3.8) is 0 Å². The summed E-state index contributed by atoms with van der Waals surface area (Å²) in [5, 5.41) is 4.00. The molecule has 2 heterocycles. The van der Waals surface area contributed by atoms with Crippen LogP contribution in [0.1, 0.15) is 52.7 Å². The van der Waals surface area contributed by atoms with Crippen molar-refractivity contribution >= 4 is 38.1 Å². The molecule has 3 aromatic carbocycles. The van der Waals surface area contributed by atoms with E-state index < -0.39 is 0 Å². The van der Waals surface area contributed by atoms with Gasteiger partial charge >= 0.3 is 0 Å². The van der Waals surface area contributed by atoms with Crippen molar-refractivity contribution in [3.8, 4) is 0 Å². The minimum Gasteiger partial charge on any atom is -0.308 e. The number of para-hydroxylation sites is 1. The van der Waals surface area contributed by atoms with Crippen LogP contribution >= 0.6 is 0 Å². The molecular formula is C27H27NO. The molecule has 0 spiro atoms. The maximum atomic E-state index is 13.5. The van der Waals surface area contributed by atoms with E-state index in [2.05, 4.69) is 82.3 Å². The number of nitrogens with zero attached hydrogens (tertiary/aromatic N) is 1. The summed E-state index contributed by atoms with van der Waals surface area (Å²) in [4.78, 5) is 13.5. The van der Waals surface area contributed by atoms with Gasteiger partial charge in [-0.15, -0.1) is 0 Å². The van der Waals surface area contributed by atoms with Gasteiger partial charge in [0, 0.05) is 21.5 Å². The summed E-state index contributed by atoms with van der Waals surface area (Å²) >= 11 is 0. The molecule has 0 aliphatic carbocycles. The molecule has 0 N–H and O–H groups in total. The van der Waals surface area contributed by atoms with Crippen molar-refractivity contribution < 1.29 is 0 Å². The van der Waals surface area contributed by atoms with E-state index in [0.717, 1.165) is 21.8 Å². The van der Waals surface area contributed by atoms with Gasteiger partial charge < -0.3 is 4.40 Å². The third-order valence-corrected chi connectivity index (χ3v) is 6.23. The fourth-order valence-electron chi connectivity index (χ4n) is 4.48. The monoisotopic (exact) mass is 381 g/mol. The maximum absolute atomic E-state index is 13.5. The summed E-state index contributed by atoms with van der Waals surface area (Å²) in [5.74, 6) is 0. The summed E-state index contributed by atoms with van der Waals surface area (Å²) in [6.07, 6.45) is 0. The predicted octanol–water partition coefficient (Wildman–Crippen LogP) is 6.79. The van der Waals surface area contributed by atoms with Gasteiger partial charge in [-0.3, -0.25) is 4.79 Å². The van der Waals surface area contributed by atoms with Gasteiger partial charge in [0.05, 0.1) is 16.6 Å². The van der Waals surface area contributed by atoms with Crippen molar-refractivity contribution in [3.05, 3.63) is 75.9 Å². The molecule has 0 unspecified atom stereocenters. The van der Waals surface area contributed by atoms with E-state index in [4.69, 9.17) is 0 Å². The van der Waals surface area contributed by atoms with Crippen molar-refractivity contribution in [2.45, 2.75) is 52.4 Å². The van der Waals surface area contributed by atoms with Crippen LogP contribution in [0.5, 0.6) is 0 Å². The van der Waals surface area contributed by atoms with E-state index in [1.165, 1.54) is 27.4 Å². The zero-order chi connectivity index (χ0) is 20.7. The maximum Gasteiger partial charge on any atom is 0.197 e. The lowest BCUT2D eigenvalue weighted by Crippen LogP contribution is -2.13. The minimum absolute atomic E-state index is 0.0298. The second kappa shape index (κ2) is 5.60. The Morgan fingerprint density at radius 1 is 0.621 bits per heavy atom. The molecule has 0 bridgehead atoms. The van der Waals surface area contributed by atoms with Crippen LogP contribution in [0.4, 0.5) is 0 Å². The Bertz CT molecular complexity index is 1470. The first-order valence-corrected chi connectivity index (χ1v) is 10.3. The molecular weight excluding hydrogens is 354 g/mol. The van der Waals surface area contributed by atoms with Gasteiger partial charge in [-0.2, -0.15) is 0 Å². The Kier molecular flexibility index (Phi) is 3.51. The Morgan fingerprint density at radius 3 is 1.90 bits per heavy atom. The normalized spacial score (nSPS) is 13.3. The van der Waals surface area contributed by atoms with Gasteiger partial charge in [0.15, 0.2) is 5.43 Å². The molecule has 2 aromatic heterocycles. The SMILES string of the molecule is CC(C)(C)c1ccc2c(c1)c1cc(C(C)(C)C)cc3c(=O)c4ccccc4n2c31. The molecule has 0 aliphatic heterocycles. The highest BCUT2D eigenvalue weighted by Gasteiger charge is 2.23. The summed E-state index contributed by atoms with van der Waals surface area (Å²) in [5.41, 5.74) is 5.88. The number of benzene rings is 3. The highest BCUT2D eigenvalue weighted by atomic mass is 16.1. The fourth-order valence-corrected chi connectivity index (χ4v) is 4.48. The zero-order valence-electron chi connectivity index (χ0n) is 18.1. The van der Waals surface area contributed by atoms with E-state index in [-0.39, 0.29) is 16.3 Å². The smallest absolute Gasteiger partial charge is 0.197 e. The molecule has 29 heavy (non-hydrogen) atoms. The number of pyridine rings is 1. The second-order valence-corrected chi connectivity index (χ2v) is 10.3. The van der Waals surface area contributed by atoms with Crippen LogP contribution in [-0.4, -0.2) is 4.40 Å². The Morgan fingerprint density at radius 2 is 1.21 bits per heavy atom. The van der Waals surface area contributed by atoms with E-state index in [1.54, 1.807) is 0 Å². The lowest BCUT2D eigenvalue weighted by atomic mass is 9.84. The summed E-state index contributed by atoms with van der Waals surface area (Å²) in [6, 6.07) is 19.2. The highest BCUT2D eigenvalue weighted by Crippen LogP contribution is 2.38. The van der Waals surface area contributed by atoms with Crippen molar-refractivity contribution in [1.82, 2.24) is 4.40 Å². The molecule has 2 nitrogen and oxygen atoms in total. The van der Waals surface area contributed by atoms with Crippen LogP contribution in [0.2, 0.25) is 0 Å². The van der Waals surface area contributed by atoms with Crippen LogP contribution in [-0.2, 0) is 10.8 Å². The number of aromatic nitrogens is 1. The third kappa shape index (κ3) is 2.51. The van der Waals surface area contributed by atoms with Crippen molar-refractivity contribution in [2.75, 3.05) is 0 Å². The standard InChI is InChI=1S/C27H27NO/c1-26(2,3)16-11-12-23-19(13-16)20-14-17(27(4,5)6)15-21-24(20)28(23)22-10-8-7-9-18(22)25(21)29/h7-15H,1-6H3. The van der Waals surface area contributed by atoms with Gasteiger partial charge in [0.1, 0.15) is 0 Å². The van der Waals surface area contributed by atoms with E-state index >= 15 is 0 Å². The second-order valence-electron chi connectivity index (χ2n) is 10.3. The van der Waals surface area contributed by atoms with Gasteiger partial charge in [-0.05, 0) is 58.4 Å². The topological polar surface area (TPSA) is 21.5 Å². The van der Waals surface area contributed by atoms with Crippen LogP contribution in [0.25, 0.3) is 38.1 Å². The third-order valence-electron chi connectivity index (χ3n) is 6.23. The molecule has 0 radical (unpaired) electrons. The largest absolute Gasteiger partial charge is 0.308 e. The van der Waals surface area contributed by atoms with E-state index in [1.807, 2.05) is 18.2 Å². The molecule has 5 aromatic rings. The number of rotatable bonds is 0. The summed E-state index contributed by atoms with van der Waals surface area (Å²) in [6.45, 7) is 13.4. The Hall–Kier alpha value is -2.87. The van der Waals surface area contributed by atoms with Gasteiger partial charge in [-0.1, -0.05) is 59.7 Å². The molecule has 5 rings (SSSR count). The van der Waals surface area contributed by atoms with Crippen molar-refractivity contribution in [1.29, 1.82) is 0 Å². The van der Waals surface area contributed by atoms with Crippen LogP contribution < -0.4 is 5.43 Å². The Balaban J connectivity index is 2.13. The van der Waals surface area contributed by atoms with Crippen LogP contribution in [0.15, 0.2) is 59.4 Å². The highest BCUT2D eigenvalue weighted by molar-refractivity contribution is 6.17. The summed E-state index contributed by atoms with van der Waals surface area (Å²) in [7, 11) is 0. The molecule has 146 valence electrons. The predicted molar refractivity (Wildman–Crippen MR) is 125 cm³/mol. The first kappa shape index (κ1) is 18.2. The molecule has 0 atom stereocenters. The molecule has 0 aliphatic rings. The summed E-state index contributed by atoms with van der Waals surface area (Å²) < 4.78 is 2.29. The molecule has 0 fully saturated rings. The van der Waals surface area contributed by atoms with Crippen LogP contribution in [0, 0.1) is 0 Å². The quantitative estimate of drug-likeness (QED) is 0.271. The number of hydrogen-bond acceptors (Lipinski definition) is 1. The van der Waals surface area contributed by atoms with Gasteiger partial charge in [0.2, 0.25) is 0 Å². The first-order valence-electron chi connectivity index (χ1n) is 10.3. The molecule has 0 amide bonds. The van der Waals surface area contributed by atoms with Gasteiger partial charge in [0.25, 0.3) is 0 Å². The molecule has 0 saturated carbocycles. The number of hydrogen-bond donors (Lipinski definition) is 0. The zero-order valence-corrected chi connectivity index (χ0v) is 18.1. The van der Waals surface area contributed by atoms with Crippen LogP contribution in [0.3, 0.4) is 0 Å². The lowest BCUT2D eigenvalue weighted by Gasteiger charge is -2.20. The van der Waals surface area contributed by atoms with Crippen molar-refractivity contribution in [2.24, 2.45) is 0 Å². The van der Waals surface area contributed by atoms with Gasteiger partial charge in [-0.25, -0.2) is 0 Å². The molecule has 0 saturated heterocycles. The first-order chi connectivity index (χ1) is 13.6.